The Labute approximate surface area is 192 Å². The Morgan fingerprint density at radius 1 is 1.06 bits per heavy atom. The summed E-state index contributed by atoms with van der Waals surface area (Å²) >= 11 is 0. The molecule has 8 heteroatoms. The van der Waals surface area contributed by atoms with E-state index in [1.165, 1.54) is 19.1 Å². The van der Waals surface area contributed by atoms with Crippen molar-refractivity contribution < 1.29 is 33.0 Å². The molecule has 176 valence electrons. The smallest absolute Gasteiger partial charge is 0.342 e. The van der Waals surface area contributed by atoms with Gasteiger partial charge in [-0.2, -0.15) is 0 Å². The number of rotatable bonds is 8. The average Bonchev–Trinajstić information content (AvgIpc) is 2.83. The number of amides is 1. The second-order valence-electron chi connectivity index (χ2n) is 7.81. The van der Waals surface area contributed by atoms with Crippen LogP contribution in [-0.2, 0) is 25.7 Å². The first kappa shape index (κ1) is 24.2. The van der Waals surface area contributed by atoms with Crippen LogP contribution in [0.2, 0.25) is 0 Å². The van der Waals surface area contributed by atoms with Crippen molar-refractivity contribution in [1.82, 2.24) is 4.90 Å². The Morgan fingerprint density at radius 2 is 1.73 bits per heavy atom. The van der Waals surface area contributed by atoms with Crippen LogP contribution >= 0.6 is 0 Å². The molecule has 1 fully saturated rings. The lowest BCUT2D eigenvalue weighted by atomic mass is 9.97. The number of halogens is 1. The Kier molecular flexibility index (Phi) is 8.40. The van der Waals surface area contributed by atoms with Crippen molar-refractivity contribution in [3.05, 3.63) is 65.5 Å². The van der Waals surface area contributed by atoms with Crippen molar-refractivity contribution in [2.75, 3.05) is 19.7 Å². The van der Waals surface area contributed by atoms with E-state index in [0.29, 0.717) is 38.3 Å². The molecule has 0 aliphatic carbocycles. The lowest BCUT2D eigenvalue weighted by Gasteiger charge is -2.32. The second-order valence-corrected chi connectivity index (χ2v) is 7.81. The number of hydrogen-bond donors (Lipinski definition) is 0. The minimum absolute atomic E-state index is 0.147. The zero-order valence-corrected chi connectivity index (χ0v) is 18.8. The Bertz CT molecular complexity index is 969. The maximum atomic E-state index is 13.1. The van der Waals surface area contributed by atoms with Crippen molar-refractivity contribution in [2.24, 2.45) is 5.92 Å². The molecule has 0 radical (unpaired) electrons. The summed E-state index contributed by atoms with van der Waals surface area (Å²) in [5.41, 5.74) is 0.939. The summed E-state index contributed by atoms with van der Waals surface area (Å²) in [4.78, 5) is 39.0. The average molecular weight is 457 g/mol. The molecule has 0 bridgehead atoms. The lowest BCUT2D eigenvalue weighted by molar-refractivity contribution is -0.152. The summed E-state index contributed by atoms with van der Waals surface area (Å²) in [6, 6.07) is 12.5. The highest BCUT2D eigenvalue weighted by Gasteiger charge is 2.31. The van der Waals surface area contributed by atoms with Gasteiger partial charge in [0.05, 0.1) is 12.5 Å². The minimum Gasteiger partial charge on any atom is -0.488 e. The van der Waals surface area contributed by atoms with Crippen molar-refractivity contribution in [2.45, 2.75) is 39.4 Å². The van der Waals surface area contributed by atoms with E-state index >= 15 is 0 Å². The number of esters is 2. The van der Waals surface area contributed by atoms with Crippen LogP contribution in [0.15, 0.2) is 48.5 Å². The summed E-state index contributed by atoms with van der Waals surface area (Å²) in [7, 11) is 0. The van der Waals surface area contributed by atoms with Crippen molar-refractivity contribution in [1.29, 1.82) is 0 Å². The zero-order valence-electron chi connectivity index (χ0n) is 18.8. The molecule has 1 amide bonds. The van der Waals surface area contributed by atoms with E-state index < -0.39 is 12.1 Å². The largest absolute Gasteiger partial charge is 0.488 e. The van der Waals surface area contributed by atoms with E-state index in [4.69, 9.17) is 14.2 Å². The van der Waals surface area contributed by atoms with Crippen LogP contribution in [0.5, 0.6) is 5.75 Å². The number of carbonyl (C=O) groups excluding carboxylic acids is 3. The van der Waals surface area contributed by atoms with E-state index in [2.05, 4.69) is 0 Å². The molecular weight excluding hydrogens is 429 g/mol. The van der Waals surface area contributed by atoms with E-state index in [1.807, 2.05) is 0 Å². The molecule has 3 rings (SSSR count). The second kappa shape index (κ2) is 11.4. The van der Waals surface area contributed by atoms with Gasteiger partial charge in [0.25, 0.3) is 5.91 Å². The highest BCUT2D eigenvalue weighted by atomic mass is 19.1. The third-order valence-electron chi connectivity index (χ3n) is 5.47. The summed E-state index contributed by atoms with van der Waals surface area (Å²) in [5, 5.41) is 0. The van der Waals surface area contributed by atoms with Crippen LogP contribution in [0, 0.1) is 11.7 Å². The highest BCUT2D eigenvalue weighted by molar-refractivity contribution is 5.94. The third-order valence-corrected chi connectivity index (χ3v) is 5.47. The van der Waals surface area contributed by atoms with Crippen molar-refractivity contribution >= 4 is 17.8 Å². The van der Waals surface area contributed by atoms with Gasteiger partial charge in [0.15, 0.2) is 6.10 Å². The van der Waals surface area contributed by atoms with Crippen molar-refractivity contribution in [3.8, 4) is 5.75 Å². The van der Waals surface area contributed by atoms with Crippen LogP contribution in [0.4, 0.5) is 4.39 Å². The van der Waals surface area contributed by atoms with Crippen LogP contribution in [0.25, 0.3) is 0 Å². The van der Waals surface area contributed by atoms with Crippen LogP contribution in [0.3, 0.4) is 0 Å². The van der Waals surface area contributed by atoms with Gasteiger partial charge in [-0.1, -0.05) is 24.3 Å². The number of para-hydroxylation sites is 1. The molecule has 0 N–H and O–H groups in total. The maximum absolute atomic E-state index is 13.1. The molecule has 1 saturated heterocycles. The molecule has 2 aromatic carbocycles. The van der Waals surface area contributed by atoms with Gasteiger partial charge in [-0.15, -0.1) is 0 Å². The van der Waals surface area contributed by atoms with E-state index in [1.54, 1.807) is 48.2 Å². The molecule has 7 nitrogen and oxygen atoms in total. The number of piperidine rings is 1. The van der Waals surface area contributed by atoms with E-state index in [0.717, 1.165) is 5.56 Å². The predicted molar refractivity (Wildman–Crippen MR) is 118 cm³/mol. The number of nitrogens with zero attached hydrogens (tertiary/aromatic N) is 1. The fourth-order valence-corrected chi connectivity index (χ4v) is 3.63. The highest BCUT2D eigenvalue weighted by Crippen LogP contribution is 2.23. The first-order valence-electron chi connectivity index (χ1n) is 11.0. The molecule has 2 aromatic rings. The van der Waals surface area contributed by atoms with Gasteiger partial charge in [0, 0.05) is 13.1 Å². The number of ether oxygens (including phenoxy) is 3. The maximum Gasteiger partial charge on any atom is 0.342 e. The van der Waals surface area contributed by atoms with Gasteiger partial charge >= 0.3 is 11.9 Å². The van der Waals surface area contributed by atoms with Crippen LogP contribution < -0.4 is 4.74 Å². The summed E-state index contributed by atoms with van der Waals surface area (Å²) in [5.74, 6) is -1.46. The standard InChI is InChI=1S/C25H28FNO6/c1-3-31-24(29)19-12-14-27(15-13-19)23(28)17(2)33-25(30)21-6-4-5-7-22(21)32-16-18-8-10-20(26)11-9-18/h4-11,17,19H,3,12-16H2,1-2H3. The van der Waals surface area contributed by atoms with Gasteiger partial charge in [0.1, 0.15) is 23.7 Å². The van der Waals surface area contributed by atoms with Gasteiger partial charge in [-0.05, 0) is 56.5 Å². The topological polar surface area (TPSA) is 82.1 Å². The van der Waals surface area contributed by atoms with E-state index in [-0.39, 0.29) is 35.8 Å². The summed E-state index contributed by atoms with van der Waals surface area (Å²) < 4.78 is 29.3. The molecule has 0 aromatic heterocycles. The summed E-state index contributed by atoms with van der Waals surface area (Å²) in [6.45, 7) is 4.58. The lowest BCUT2D eigenvalue weighted by Crippen LogP contribution is -2.45. The first-order chi connectivity index (χ1) is 15.9. The molecule has 1 atom stereocenters. The Morgan fingerprint density at radius 3 is 2.39 bits per heavy atom. The zero-order chi connectivity index (χ0) is 23.8. The molecular formula is C25H28FNO6. The number of carbonyl (C=O) groups is 3. The van der Waals surface area contributed by atoms with E-state index in [9.17, 15) is 18.8 Å². The van der Waals surface area contributed by atoms with Crippen LogP contribution in [0.1, 0.15) is 42.6 Å². The fraction of sp³-hybridized carbons (Fsp3) is 0.400. The monoisotopic (exact) mass is 457 g/mol. The molecule has 1 heterocycles. The molecule has 0 saturated carbocycles. The molecule has 33 heavy (non-hydrogen) atoms. The predicted octanol–water partition coefficient (Wildman–Crippen LogP) is 3.75. The Balaban J connectivity index is 1.56. The van der Waals surface area contributed by atoms with Gasteiger partial charge in [-0.3, -0.25) is 9.59 Å². The Hall–Kier alpha value is -3.42. The number of benzene rings is 2. The third kappa shape index (κ3) is 6.54. The summed E-state index contributed by atoms with van der Waals surface area (Å²) in [6.07, 6.45) is 0.0538. The van der Waals surface area contributed by atoms with Crippen LogP contribution in [-0.4, -0.2) is 48.5 Å². The molecule has 0 spiro atoms. The van der Waals surface area contributed by atoms with Gasteiger partial charge < -0.3 is 19.1 Å². The fourth-order valence-electron chi connectivity index (χ4n) is 3.63. The molecule has 1 unspecified atom stereocenters. The van der Waals surface area contributed by atoms with Crippen molar-refractivity contribution in [3.63, 3.8) is 0 Å². The minimum atomic E-state index is -0.984. The quantitative estimate of drug-likeness (QED) is 0.562. The first-order valence-corrected chi connectivity index (χ1v) is 11.0. The van der Waals surface area contributed by atoms with Gasteiger partial charge in [-0.25, -0.2) is 9.18 Å². The SMILES string of the molecule is CCOC(=O)C1CCN(C(=O)C(C)OC(=O)c2ccccc2OCc2ccc(F)cc2)CC1. The molecule has 1 aliphatic heterocycles. The number of hydrogen-bond acceptors (Lipinski definition) is 6. The number of likely N-dealkylation sites (tertiary alicyclic amines) is 1. The normalized spacial score (nSPS) is 14.9. The van der Waals surface area contributed by atoms with Gasteiger partial charge in [0.2, 0.25) is 0 Å². The molecule has 1 aliphatic rings.